The Bertz CT molecular complexity index is 625. The van der Waals surface area contributed by atoms with Gasteiger partial charge in [-0.25, -0.2) is 4.98 Å². The van der Waals surface area contributed by atoms with Crippen LogP contribution in [0.2, 0.25) is 0 Å². The molecule has 0 fully saturated rings. The van der Waals surface area contributed by atoms with Gasteiger partial charge in [-0.05, 0) is 47.0 Å². The maximum absolute atomic E-state index is 12.2. The number of hydrogen-bond donors (Lipinski definition) is 2. The highest BCUT2D eigenvalue weighted by Crippen LogP contribution is 2.28. The number of amides is 1. The third-order valence-electron chi connectivity index (χ3n) is 2.92. The predicted molar refractivity (Wildman–Crippen MR) is 82.0 cm³/mol. The van der Waals surface area contributed by atoms with Gasteiger partial charge in [0.05, 0.1) is 5.69 Å². The average molecular weight is 337 g/mol. The van der Waals surface area contributed by atoms with Crippen molar-refractivity contribution < 1.29 is 4.79 Å². The molecule has 1 aromatic heterocycles. The number of aryl methyl sites for hydroxylation is 2. The van der Waals surface area contributed by atoms with E-state index < -0.39 is 0 Å². The minimum Gasteiger partial charge on any atom is -0.318 e. The smallest absolute Gasteiger partial charge is 0.295 e. The Labute approximate surface area is 126 Å². The lowest BCUT2D eigenvalue weighted by Crippen LogP contribution is -2.15. The number of aromatic amines is 1. The van der Waals surface area contributed by atoms with E-state index in [1.807, 2.05) is 39.8 Å². The van der Waals surface area contributed by atoms with Crippen molar-refractivity contribution in [3.05, 3.63) is 39.4 Å². The number of anilines is 1. The summed E-state index contributed by atoms with van der Waals surface area (Å²) in [6.45, 7) is 7.93. The SMILES string of the molecule is Cc1cc(C)c(NC(=O)c2n[nH]c(C(C)C)n2)c(Br)c1. The standard InChI is InChI=1S/C14H17BrN4O/c1-7(2)12-17-13(19-18-12)14(20)16-11-9(4)5-8(3)6-10(11)15/h5-7H,1-4H3,(H,16,20)(H,17,18,19). The molecule has 2 N–H and O–H groups in total. The van der Waals surface area contributed by atoms with Gasteiger partial charge in [-0.2, -0.15) is 0 Å². The molecule has 0 saturated carbocycles. The summed E-state index contributed by atoms with van der Waals surface area (Å²) in [6.07, 6.45) is 0. The Morgan fingerprint density at radius 1 is 1.35 bits per heavy atom. The van der Waals surface area contributed by atoms with Crippen molar-refractivity contribution in [1.29, 1.82) is 0 Å². The number of nitrogens with one attached hydrogen (secondary N) is 2. The molecule has 1 heterocycles. The Balaban J connectivity index is 2.23. The van der Waals surface area contributed by atoms with Crippen molar-refractivity contribution >= 4 is 27.5 Å². The number of H-pyrrole nitrogens is 1. The fourth-order valence-corrected chi connectivity index (χ4v) is 2.65. The minimum atomic E-state index is -0.319. The molecule has 20 heavy (non-hydrogen) atoms. The number of carbonyl (C=O) groups excluding carboxylic acids is 1. The molecule has 0 spiro atoms. The normalized spacial score (nSPS) is 10.9. The molecule has 0 saturated heterocycles. The van der Waals surface area contributed by atoms with Crippen LogP contribution in [0.4, 0.5) is 5.69 Å². The Kier molecular flexibility index (Phi) is 4.23. The number of nitrogens with zero attached hydrogens (tertiary/aromatic N) is 2. The molecule has 0 bridgehead atoms. The summed E-state index contributed by atoms with van der Waals surface area (Å²) >= 11 is 3.46. The summed E-state index contributed by atoms with van der Waals surface area (Å²) in [4.78, 5) is 16.4. The number of halogens is 1. The molecule has 6 heteroatoms. The number of carbonyl (C=O) groups is 1. The van der Waals surface area contributed by atoms with Crippen LogP contribution in [0.25, 0.3) is 0 Å². The van der Waals surface area contributed by atoms with Gasteiger partial charge in [0.1, 0.15) is 5.82 Å². The second-order valence-electron chi connectivity index (χ2n) is 5.09. The first kappa shape index (κ1) is 14.7. The van der Waals surface area contributed by atoms with Crippen LogP contribution in [0.15, 0.2) is 16.6 Å². The van der Waals surface area contributed by atoms with Gasteiger partial charge in [0, 0.05) is 10.4 Å². The second-order valence-corrected chi connectivity index (χ2v) is 5.95. The summed E-state index contributed by atoms with van der Waals surface area (Å²) in [5.41, 5.74) is 2.87. The van der Waals surface area contributed by atoms with E-state index in [1.54, 1.807) is 0 Å². The van der Waals surface area contributed by atoms with E-state index in [9.17, 15) is 4.79 Å². The topological polar surface area (TPSA) is 70.7 Å². The average Bonchev–Trinajstić information content (AvgIpc) is 2.83. The fraction of sp³-hybridized carbons (Fsp3) is 0.357. The minimum absolute atomic E-state index is 0.153. The zero-order valence-corrected chi connectivity index (χ0v) is 13.5. The van der Waals surface area contributed by atoms with E-state index in [2.05, 4.69) is 36.4 Å². The van der Waals surface area contributed by atoms with Crippen LogP contribution in [0.5, 0.6) is 0 Å². The van der Waals surface area contributed by atoms with Crippen LogP contribution in [-0.4, -0.2) is 21.1 Å². The van der Waals surface area contributed by atoms with Crippen LogP contribution < -0.4 is 5.32 Å². The van der Waals surface area contributed by atoms with Crippen molar-refractivity contribution in [3.63, 3.8) is 0 Å². The molecule has 2 aromatic rings. The van der Waals surface area contributed by atoms with Gasteiger partial charge < -0.3 is 5.32 Å². The zero-order chi connectivity index (χ0) is 14.9. The molecule has 2 rings (SSSR count). The van der Waals surface area contributed by atoms with Gasteiger partial charge in [0.15, 0.2) is 0 Å². The van der Waals surface area contributed by atoms with Crippen LogP contribution in [0.3, 0.4) is 0 Å². The lowest BCUT2D eigenvalue weighted by molar-refractivity contribution is 0.101. The molecule has 0 unspecified atom stereocenters. The molecule has 1 aromatic carbocycles. The first-order chi connectivity index (χ1) is 9.38. The van der Waals surface area contributed by atoms with Crippen molar-refractivity contribution in [3.8, 4) is 0 Å². The molecule has 1 amide bonds. The molecule has 0 atom stereocenters. The van der Waals surface area contributed by atoms with E-state index >= 15 is 0 Å². The lowest BCUT2D eigenvalue weighted by atomic mass is 10.1. The lowest BCUT2D eigenvalue weighted by Gasteiger charge is -2.10. The molecule has 5 nitrogen and oxygen atoms in total. The Morgan fingerprint density at radius 3 is 2.60 bits per heavy atom. The summed E-state index contributed by atoms with van der Waals surface area (Å²) in [5.74, 6) is 0.744. The first-order valence-corrected chi connectivity index (χ1v) is 7.18. The van der Waals surface area contributed by atoms with E-state index in [1.165, 1.54) is 0 Å². The third-order valence-corrected chi connectivity index (χ3v) is 3.55. The predicted octanol–water partition coefficient (Wildman–Crippen LogP) is 3.56. The highest BCUT2D eigenvalue weighted by molar-refractivity contribution is 9.10. The van der Waals surface area contributed by atoms with Crippen molar-refractivity contribution in [2.45, 2.75) is 33.6 Å². The number of hydrogen-bond acceptors (Lipinski definition) is 3. The Morgan fingerprint density at radius 2 is 2.05 bits per heavy atom. The van der Waals surface area contributed by atoms with E-state index in [0.717, 1.165) is 21.3 Å². The number of rotatable bonds is 3. The van der Waals surface area contributed by atoms with E-state index in [-0.39, 0.29) is 17.6 Å². The van der Waals surface area contributed by atoms with E-state index in [0.29, 0.717) is 5.82 Å². The van der Waals surface area contributed by atoms with Gasteiger partial charge in [0.2, 0.25) is 5.82 Å². The van der Waals surface area contributed by atoms with Crippen molar-refractivity contribution in [2.75, 3.05) is 5.32 Å². The molecule has 0 aliphatic carbocycles. The van der Waals surface area contributed by atoms with Gasteiger partial charge in [-0.15, -0.1) is 5.10 Å². The van der Waals surface area contributed by atoms with Crippen LogP contribution >= 0.6 is 15.9 Å². The summed E-state index contributed by atoms with van der Waals surface area (Å²) in [5, 5.41) is 9.57. The van der Waals surface area contributed by atoms with Crippen molar-refractivity contribution in [1.82, 2.24) is 15.2 Å². The largest absolute Gasteiger partial charge is 0.318 e. The summed E-state index contributed by atoms with van der Waals surface area (Å²) in [6, 6.07) is 3.97. The van der Waals surface area contributed by atoms with Gasteiger partial charge in [0.25, 0.3) is 5.91 Å². The van der Waals surface area contributed by atoms with Crippen LogP contribution in [0.1, 0.15) is 47.3 Å². The van der Waals surface area contributed by atoms with Crippen molar-refractivity contribution in [2.24, 2.45) is 0 Å². The second kappa shape index (κ2) is 5.75. The molecule has 0 aliphatic heterocycles. The summed E-state index contributed by atoms with van der Waals surface area (Å²) in [7, 11) is 0. The maximum atomic E-state index is 12.2. The first-order valence-electron chi connectivity index (χ1n) is 6.39. The zero-order valence-electron chi connectivity index (χ0n) is 11.9. The molecular weight excluding hydrogens is 320 g/mol. The third kappa shape index (κ3) is 3.07. The number of benzene rings is 1. The molecular formula is C14H17BrN4O. The molecule has 106 valence electrons. The fourth-order valence-electron chi connectivity index (χ4n) is 1.88. The number of aromatic nitrogens is 3. The van der Waals surface area contributed by atoms with Gasteiger partial charge in [-0.3, -0.25) is 9.89 Å². The van der Waals surface area contributed by atoms with Gasteiger partial charge in [-0.1, -0.05) is 19.9 Å². The molecule has 0 aliphatic rings. The monoisotopic (exact) mass is 336 g/mol. The highest BCUT2D eigenvalue weighted by Gasteiger charge is 2.16. The van der Waals surface area contributed by atoms with Gasteiger partial charge >= 0.3 is 0 Å². The Hall–Kier alpha value is -1.69. The summed E-state index contributed by atoms with van der Waals surface area (Å²) < 4.78 is 0.850. The van der Waals surface area contributed by atoms with E-state index in [4.69, 9.17) is 0 Å². The maximum Gasteiger partial charge on any atom is 0.295 e. The molecule has 0 radical (unpaired) electrons. The highest BCUT2D eigenvalue weighted by atomic mass is 79.9. The quantitative estimate of drug-likeness (QED) is 0.900. The van der Waals surface area contributed by atoms with Crippen LogP contribution in [0, 0.1) is 13.8 Å². The van der Waals surface area contributed by atoms with Crippen LogP contribution in [-0.2, 0) is 0 Å².